The van der Waals surface area contributed by atoms with Crippen LogP contribution in [0.25, 0.3) is 11.0 Å². The van der Waals surface area contributed by atoms with E-state index in [-0.39, 0.29) is 17.9 Å². The Kier molecular flexibility index (Phi) is 3.77. The first-order valence-corrected chi connectivity index (χ1v) is 7.53. The fourth-order valence-electron chi connectivity index (χ4n) is 2.98. The molecule has 1 atom stereocenters. The molecule has 1 N–H and O–H groups in total. The average molecular weight is 271 g/mol. The third-order valence-corrected chi connectivity index (χ3v) is 4.21. The fraction of sp³-hybridized carbons (Fsp3) is 0.471. The van der Waals surface area contributed by atoms with Gasteiger partial charge in [-0.2, -0.15) is 0 Å². The molecular formula is C17H21NO2. The Bertz CT molecular complexity index is 563. The number of furan rings is 1. The molecule has 0 spiro atoms. The van der Waals surface area contributed by atoms with Crippen molar-refractivity contribution in [2.24, 2.45) is 5.92 Å². The van der Waals surface area contributed by atoms with Crippen LogP contribution in [0.5, 0.6) is 0 Å². The van der Waals surface area contributed by atoms with Gasteiger partial charge in [-0.1, -0.05) is 37.5 Å². The molecule has 0 radical (unpaired) electrons. The molecule has 1 fully saturated rings. The highest BCUT2D eigenvalue weighted by molar-refractivity contribution is 5.80. The molecule has 106 valence electrons. The van der Waals surface area contributed by atoms with E-state index in [9.17, 15) is 4.79 Å². The molecule has 1 heterocycles. The number of rotatable bonds is 3. The molecule has 1 unspecified atom stereocenters. The molecule has 0 bridgehead atoms. The fourth-order valence-corrected chi connectivity index (χ4v) is 2.98. The lowest BCUT2D eigenvalue weighted by molar-refractivity contribution is -0.126. The van der Waals surface area contributed by atoms with Gasteiger partial charge in [0.05, 0.1) is 6.04 Å². The smallest absolute Gasteiger partial charge is 0.223 e. The summed E-state index contributed by atoms with van der Waals surface area (Å²) < 4.78 is 5.80. The number of hydrogen-bond acceptors (Lipinski definition) is 2. The monoisotopic (exact) mass is 271 g/mol. The summed E-state index contributed by atoms with van der Waals surface area (Å²) in [5, 5.41) is 4.18. The Morgan fingerprint density at radius 3 is 2.75 bits per heavy atom. The number of carbonyl (C=O) groups is 1. The number of amides is 1. The van der Waals surface area contributed by atoms with Gasteiger partial charge in [0, 0.05) is 11.3 Å². The molecule has 1 aliphatic carbocycles. The van der Waals surface area contributed by atoms with E-state index in [0.717, 1.165) is 29.6 Å². The standard InChI is InChI=1S/C17H21NO2/c1-12(18-17(19)13-7-3-2-4-8-13)16-11-14-9-5-6-10-15(14)20-16/h5-6,9-13H,2-4,7-8H2,1H3,(H,18,19). The van der Waals surface area contributed by atoms with Crippen LogP contribution in [0.15, 0.2) is 34.7 Å². The van der Waals surface area contributed by atoms with Crippen LogP contribution in [0, 0.1) is 5.92 Å². The predicted molar refractivity (Wildman–Crippen MR) is 79.3 cm³/mol. The molecular weight excluding hydrogens is 250 g/mol. The van der Waals surface area contributed by atoms with Crippen molar-refractivity contribution in [1.82, 2.24) is 5.32 Å². The van der Waals surface area contributed by atoms with Crippen LogP contribution in [0.1, 0.15) is 50.8 Å². The van der Waals surface area contributed by atoms with Gasteiger partial charge in [-0.25, -0.2) is 0 Å². The van der Waals surface area contributed by atoms with Crippen molar-refractivity contribution in [3.63, 3.8) is 0 Å². The number of benzene rings is 1. The Balaban J connectivity index is 1.68. The molecule has 0 saturated heterocycles. The van der Waals surface area contributed by atoms with E-state index < -0.39 is 0 Å². The maximum atomic E-state index is 12.2. The van der Waals surface area contributed by atoms with Crippen LogP contribution in [-0.2, 0) is 4.79 Å². The van der Waals surface area contributed by atoms with Crippen molar-refractivity contribution < 1.29 is 9.21 Å². The van der Waals surface area contributed by atoms with Crippen molar-refractivity contribution in [3.05, 3.63) is 36.1 Å². The number of hydrogen-bond donors (Lipinski definition) is 1. The summed E-state index contributed by atoms with van der Waals surface area (Å²) in [5.41, 5.74) is 0.876. The lowest BCUT2D eigenvalue weighted by atomic mass is 9.88. The molecule has 1 saturated carbocycles. The van der Waals surface area contributed by atoms with Gasteiger partial charge in [0.15, 0.2) is 0 Å². The normalized spacial score (nSPS) is 18.1. The van der Waals surface area contributed by atoms with Crippen LogP contribution in [0.4, 0.5) is 0 Å². The summed E-state index contributed by atoms with van der Waals surface area (Å²) >= 11 is 0. The van der Waals surface area contributed by atoms with Gasteiger partial charge in [0.1, 0.15) is 11.3 Å². The zero-order valence-corrected chi connectivity index (χ0v) is 11.9. The number of carbonyl (C=O) groups excluding carboxylic acids is 1. The second-order valence-corrected chi connectivity index (χ2v) is 5.75. The average Bonchev–Trinajstić information content (AvgIpc) is 2.92. The summed E-state index contributed by atoms with van der Waals surface area (Å²) in [4.78, 5) is 12.2. The number of para-hydroxylation sites is 1. The largest absolute Gasteiger partial charge is 0.459 e. The maximum Gasteiger partial charge on any atom is 0.223 e. The lowest BCUT2D eigenvalue weighted by Gasteiger charge is -2.22. The van der Waals surface area contributed by atoms with Gasteiger partial charge in [-0.15, -0.1) is 0 Å². The first kappa shape index (κ1) is 13.2. The summed E-state index contributed by atoms with van der Waals surface area (Å²) in [7, 11) is 0. The van der Waals surface area contributed by atoms with E-state index in [4.69, 9.17) is 4.42 Å². The van der Waals surface area contributed by atoms with Gasteiger partial charge >= 0.3 is 0 Å². The van der Waals surface area contributed by atoms with Gasteiger partial charge in [0.25, 0.3) is 0 Å². The van der Waals surface area contributed by atoms with E-state index in [2.05, 4.69) is 5.32 Å². The van der Waals surface area contributed by atoms with E-state index in [1.54, 1.807) is 0 Å². The van der Waals surface area contributed by atoms with Crippen molar-refractivity contribution in [2.75, 3.05) is 0 Å². The van der Waals surface area contributed by atoms with Crippen molar-refractivity contribution in [2.45, 2.75) is 45.1 Å². The first-order valence-electron chi connectivity index (χ1n) is 7.53. The van der Waals surface area contributed by atoms with Crippen LogP contribution < -0.4 is 5.32 Å². The third-order valence-electron chi connectivity index (χ3n) is 4.21. The summed E-state index contributed by atoms with van der Waals surface area (Å²) in [6.45, 7) is 1.98. The number of fused-ring (bicyclic) bond motifs is 1. The molecule has 1 amide bonds. The van der Waals surface area contributed by atoms with Crippen LogP contribution in [0.3, 0.4) is 0 Å². The molecule has 1 aromatic heterocycles. The first-order chi connectivity index (χ1) is 9.74. The molecule has 1 aromatic carbocycles. The molecule has 20 heavy (non-hydrogen) atoms. The Labute approximate surface area is 119 Å². The summed E-state index contributed by atoms with van der Waals surface area (Å²) in [6.07, 6.45) is 5.68. The van der Waals surface area contributed by atoms with Crippen molar-refractivity contribution in [1.29, 1.82) is 0 Å². The zero-order chi connectivity index (χ0) is 13.9. The van der Waals surface area contributed by atoms with Crippen molar-refractivity contribution >= 4 is 16.9 Å². The molecule has 3 heteroatoms. The summed E-state index contributed by atoms with van der Waals surface area (Å²) in [6, 6.07) is 9.87. The molecule has 3 rings (SSSR count). The maximum absolute atomic E-state index is 12.2. The highest BCUT2D eigenvalue weighted by Crippen LogP contribution is 2.26. The minimum Gasteiger partial charge on any atom is -0.459 e. The molecule has 1 aliphatic rings. The number of nitrogens with one attached hydrogen (secondary N) is 1. The van der Waals surface area contributed by atoms with Gasteiger partial charge in [0.2, 0.25) is 5.91 Å². The van der Waals surface area contributed by atoms with Gasteiger partial charge in [-0.3, -0.25) is 4.79 Å². The van der Waals surface area contributed by atoms with E-state index >= 15 is 0 Å². The predicted octanol–water partition coefficient (Wildman–Crippen LogP) is 4.19. The second-order valence-electron chi connectivity index (χ2n) is 5.75. The SMILES string of the molecule is CC(NC(=O)C1CCCCC1)c1cc2ccccc2o1. The Morgan fingerprint density at radius 2 is 2.00 bits per heavy atom. The highest BCUT2D eigenvalue weighted by Gasteiger charge is 2.23. The summed E-state index contributed by atoms with van der Waals surface area (Å²) in [5.74, 6) is 1.20. The van der Waals surface area contributed by atoms with Crippen LogP contribution in [0.2, 0.25) is 0 Å². The van der Waals surface area contributed by atoms with E-state index in [1.807, 2.05) is 37.3 Å². The van der Waals surface area contributed by atoms with Gasteiger partial charge < -0.3 is 9.73 Å². The van der Waals surface area contributed by atoms with E-state index in [1.165, 1.54) is 19.3 Å². The molecule has 2 aromatic rings. The molecule has 0 aliphatic heterocycles. The third kappa shape index (κ3) is 2.72. The second kappa shape index (κ2) is 5.70. The topological polar surface area (TPSA) is 42.2 Å². The van der Waals surface area contributed by atoms with Crippen molar-refractivity contribution in [3.8, 4) is 0 Å². The zero-order valence-electron chi connectivity index (χ0n) is 11.9. The minimum absolute atomic E-state index is 0.0724. The highest BCUT2D eigenvalue weighted by atomic mass is 16.3. The Morgan fingerprint density at radius 1 is 1.25 bits per heavy atom. The minimum atomic E-state index is -0.0724. The lowest BCUT2D eigenvalue weighted by Crippen LogP contribution is -2.33. The Hall–Kier alpha value is -1.77. The van der Waals surface area contributed by atoms with Crippen LogP contribution >= 0.6 is 0 Å². The van der Waals surface area contributed by atoms with Crippen LogP contribution in [-0.4, -0.2) is 5.91 Å². The van der Waals surface area contributed by atoms with E-state index in [0.29, 0.717) is 0 Å². The van der Waals surface area contributed by atoms with Gasteiger partial charge in [-0.05, 0) is 31.9 Å². The molecule has 3 nitrogen and oxygen atoms in total. The quantitative estimate of drug-likeness (QED) is 0.909.